The summed E-state index contributed by atoms with van der Waals surface area (Å²) in [6, 6.07) is 9.12. The molecule has 0 radical (unpaired) electrons. The van der Waals surface area contributed by atoms with Crippen LogP contribution in [0.25, 0.3) is 11.3 Å². The zero-order valence-corrected chi connectivity index (χ0v) is 18.6. The van der Waals surface area contributed by atoms with E-state index in [1.807, 2.05) is 24.4 Å². The Morgan fingerprint density at radius 2 is 2.19 bits per heavy atom. The van der Waals surface area contributed by atoms with Crippen molar-refractivity contribution in [2.75, 3.05) is 13.1 Å². The number of pyridine rings is 2. The average Bonchev–Trinajstić information content (AvgIpc) is 3.29. The van der Waals surface area contributed by atoms with E-state index in [2.05, 4.69) is 25.6 Å². The van der Waals surface area contributed by atoms with Gasteiger partial charge in [0.15, 0.2) is 6.10 Å². The first-order valence-electron chi connectivity index (χ1n) is 10.6. The van der Waals surface area contributed by atoms with Crippen LogP contribution in [-0.4, -0.2) is 46.0 Å². The second-order valence-corrected chi connectivity index (χ2v) is 8.63. The van der Waals surface area contributed by atoms with E-state index in [-0.39, 0.29) is 18.2 Å². The van der Waals surface area contributed by atoms with Crippen molar-refractivity contribution in [3.05, 3.63) is 58.8 Å². The van der Waals surface area contributed by atoms with E-state index in [1.165, 1.54) is 11.3 Å². The lowest BCUT2D eigenvalue weighted by Crippen LogP contribution is -2.48. The number of amides is 2. The van der Waals surface area contributed by atoms with Crippen LogP contribution in [0.5, 0.6) is 5.88 Å². The molecule has 9 heteroatoms. The van der Waals surface area contributed by atoms with Crippen molar-refractivity contribution in [3.63, 3.8) is 0 Å². The maximum Gasteiger partial charge on any atom is 0.268 e. The van der Waals surface area contributed by atoms with E-state index in [9.17, 15) is 9.59 Å². The Morgan fingerprint density at radius 1 is 1.28 bits per heavy atom. The van der Waals surface area contributed by atoms with Gasteiger partial charge in [0.25, 0.3) is 5.91 Å². The minimum atomic E-state index is -0.930. The number of thiazole rings is 1. The monoisotopic (exact) mass is 451 g/mol. The van der Waals surface area contributed by atoms with Gasteiger partial charge in [0.05, 0.1) is 16.6 Å². The summed E-state index contributed by atoms with van der Waals surface area (Å²) in [6.45, 7) is 3.40. The van der Waals surface area contributed by atoms with Crippen LogP contribution in [0, 0.1) is 12.8 Å². The molecule has 0 aromatic carbocycles. The first kappa shape index (κ1) is 22.0. The molecular weight excluding hydrogens is 426 g/mol. The van der Waals surface area contributed by atoms with Crippen LogP contribution in [0.15, 0.2) is 48.1 Å². The van der Waals surface area contributed by atoms with Gasteiger partial charge in [-0.25, -0.2) is 9.97 Å². The predicted octanol–water partition coefficient (Wildman–Crippen LogP) is 2.54. The molecule has 1 fully saturated rings. The molecule has 1 aliphatic rings. The van der Waals surface area contributed by atoms with Gasteiger partial charge in [-0.3, -0.25) is 19.9 Å². The van der Waals surface area contributed by atoms with Crippen molar-refractivity contribution in [3.8, 4) is 17.1 Å². The highest BCUT2D eigenvalue weighted by Crippen LogP contribution is 2.23. The number of piperidine rings is 1. The molecular formula is C23H25N5O3S. The molecule has 1 aliphatic heterocycles. The maximum absolute atomic E-state index is 13.0. The molecule has 0 aliphatic carbocycles. The third-order valence-corrected chi connectivity index (χ3v) is 6.10. The number of nitrogens with zero attached hydrogens (tertiary/aromatic N) is 3. The third-order valence-electron chi connectivity index (χ3n) is 5.23. The number of hydrogen-bond donors (Lipinski definition) is 2. The number of nitrogens with one attached hydrogen (secondary N) is 2. The third kappa shape index (κ3) is 5.74. The highest BCUT2D eigenvalue weighted by Gasteiger charge is 2.28. The SMILES string of the molecule is Cc1ccc(-c2csc(C[C@H](Oc3ccccn3)C(=O)NC(=O)C3CCCNC3)n2)cn1. The van der Waals surface area contributed by atoms with Crippen molar-refractivity contribution < 1.29 is 14.3 Å². The Morgan fingerprint density at radius 3 is 2.91 bits per heavy atom. The van der Waals surface area contributed by atoms with E-state index in [4.69, 9.17) is 4.74 Å². The number of ether oxygens (including phenoxy) is 1. The van der Waals surface area contributed by atoms with Gasteiger partial charge < -0.3 is 10.1 Å². The molecule has 2 N–H and O–H groups in total. The summed E-state index contributed by atoms with van der Waals surface area (Å²) in [5.41, 5.74) is 2.63. The zero-order valence-electron chi connectivity index (χ0n) is 17.8. The Hall–Kier alpha value is -3.17. The number of rotatable bonds is 7. The predicted molar refractivity (Wildman–Crippen MR) is 121 cm³/mol. The first-order chi connectivity index (χ1) is 15.6. The molecule has 0 saturated carbocycles. The molecule has 8 nitrogen and oxygen atoms in total. The van der Waals surface area contributed by atoms with E-state index >= 15 is 0 Å². The Labute approximate surface area is 190 Å². The van der Waals surface area contributed by atoms with Crippen molar-refractivity contribution in [2.45, 2.75) is 32.3 Å². The van der Waals surface area contributed by atoms with E-state index in [0.29, 0.717) is 12.4 Å². The smallest absolute Gasteiger partial charge is 0.268 e. The van der Waals surface area contributed by atoms with Gasteiger partial charge >= 0.3 is 0 Å². The minimum absolute atomic E-state index is 0.219. The minimum Gasteiger partial charge on any atom is -0.464 e. The van der Waals surface area contributed by atoms with Crippen molar-refractivity contribution in [1.82, 2.24) is 25.6 Å². The second-order valence-electron chi connectivity index (χ2n) is 7.69. The van der Waals surface area contributed by atoms with Gasteiger partial charge in [-0.1, -0.05) is 6.07 Å². The fraction of sp³-hybridized carbons (Fsp3) is 0.348. The van der Waals surface area contributed by atoms with Crippen LogP contribution < -0.4 is 15.4 Å². The van der Waals surface area contributed by atoms with Crippen molar-refractivity contribution in [1.29, 1.82) is 0 Å². The second kappa shape index (κ2) is 10.4. The van der Waals surface area contributed by atoms with Gasteiger partial charge in [0, 0.05) is 48.1 Å². The molecule has 3 aromatic heterocycles. The summed E-state index contributed by atoms with van der Waals surface area (Å²) in [7, 11) is 0. The Kier molecular flexibility index (Phi) is 7.18. The van der Waals surface area contributed by atoms with Gasteiger partial charge in [0.1, 0.15) is 0 Å². The standard InChI is InChI=1S/C23H25N5O3S/c1-15-7-8-16(13-26-15)18-14-32-21(27-18)11-19(31-20-6-2-3-10-25-20)23(30)28-22(29)17-5-4-9-24-12-17/h2-3,6-8,10,13-14,17,19,24H,4-5,9,11-12H2,1H3,(H,28,29,30)/t17?,19-/m0/s1. The highest BCUT2D eigenvalue weighted by atomic mass is 32.1. The van der Waals surface area contributed by atoms with Crippen LogP contribution in [0.4, 0.5) is 0 Å². The molecule has 2 amide bonds. The van der Waals surface area contributed by atoms with Gasteiger partial charge in [-0.05, 0) is 44.5 Å². The largest absolute Gasteiger partial charge is 0.464 e. The highest BCUT2D eigenvalue weighted by molar-refractivity contribution is 7.10. The van der Waals surface area contributed by atoms with E-state index in [0.717, 1.165) is 41.3 Å². The molecule has 2 atom stereocenters. The number of carbonyl (C=O) groups excluding carboxylic acids is 2. The lowest BCUT2D eigenvalue weighted by atomic mass is 9.99. The lowest BCUT2D eigenvalue weighted by molar-refractivity contribution is -0.137. The number of imide groups is 1. The van der Waals surface area contributed by atoms with Gasteiger partial charge in [-0.15, -0.1) is 11.3 Å². The fourth-order valence-electron chi connectivity index (χ4n) is 3.45. The van der Waals surface area contributed by atoms with Crippen molar-refractivity contribution >= 4 is 23.2 Å². The molecule has 4 rings (SSSR count). The molecule has 0 bridgehead atoms. The number of aromatic nitrogens is 3. The molecule has 4 heterocycles. The summed E-state index contributed by atoms with van der Waals surface area (Å²) in [5, 5.41) is 8.38. The molecule has 1 saturated heterocycles. The molecule has 3 aromatic rings. The molecule has 32 heavy (non-hydrogen) atoms. The van der Waals surface area contributed by atoms with Crippen LogP contribution in [0.1, 0.15) is 23.5 Å². The maximum atomic E-state index is 13.0. The molecule has 1 unspecified atom stereocenters. The molecule has 0 spiro atoms. The van der Waals surface area contributed by atoms with E-state index in [1.54, 1.807) is 30.6 Å². The summed E-state index contributed by atoms with van der Waals surface area (Å²) in [5.74, 6) is -0.662. The summed E-state index contributed by atoms with van der Waals surface area (Å²) in [6.07, 6.45) is 4.34. The fourth-order valence-corrected chi connectivity index (χ4v) is 4.28. The zero-order chi connectivity index (χ0) is 22.3. The average molecular weight is 452 g/mol. The quantitative estimate of drug-likeness (QED) is 0.569. The topological polar surface area (TPSA) is 106 Å². The summed E-state index contributed by atoms with van der Waals surface area (Å²) in [4.78, 5) is 38.7. The number of aryl methyl sites for hydroxylation is 1. The van der Waals surface area contributed by atoms with Crippen LogP contribution >= 0.6 is 11.3 Å². The lowest BCUT2D eigenvalue weighted by Gasteiger charge is -2.23. The van der Waals surface area contributed by atoms with E-state index < -0.39 is 12.0 Å². The summed E-state index contributed by atoms with van der Waals surface area (Å²) >= 11 is 1.44. The number of carbonyl (C=O) groups is 2. The molecule has 166 valence electrons. The Bertz CT molecular complexity index is 1050. The van der Waals surface area contributed by atoms with Crippen LogP contribution in [0.2, 0.25) is 0 Å². The first-order valence-corrected chi connectivity index (χ1v) is 11.5. The van der Waals surface area contributed by atoms with Crippen molar-refractivity contribution in [2.24, 2.45) is 5.92 Å². The Balaban J connectivity index is 1.48. The van der Waals surface area contributed by atoms with Crippen LogP contribution in [-0.2, 0) is 16.0 Å². The van der Waals surface area contributed by atoms with Gasteiger partial charge in [-0.2, -0.15) is 0 Å². The van der Waals surface area contributed by atoms with Gasteiger partial charge in [0.2, 0.25) is 11.8 Å². The number of hydrogen-bond acceptors (Lipinski definition) is 8. The summed E-state index contributed by atoms with van der Waals surface area (Å²) < 4.78 is 5.86. The van der Waals surface area contributed by atoms with Crippen LogP contribution in [0.3, 0.4) is 0 Å². The normalized spacial score (nSPS) is 16.8.